The molecule has 0 heterocycles. The molecule has 0 amide bonds. The smallest absolute Gasteiger partial charge is 0.159 e. The molecule has 0 radical (unpaired) electrons. The van der Waals surface area contributed by atoms with Crippen molar-refractivity contribution in [3.63, 3.8) is 0 Å². The largest absolute Gasteiger partial charge is 0.494 e. The molecule has 22 heavy (non-hydrogen) atoms. The van der Waals surface area contributed by atoms with Gasteiger partial charge < -0.3 is 9.64 Å². The third-order valence-corrected chi connectivity index (χ3v) is 3.59. The Morgan fingerprint density at radius 3 is 2.55 bits per heavy atom. The van der Waals surface area contributed by atoms with E-state index in [-0.39, 0.29) is 5.78 Å². The maximum atomic E-state index is 11.3. The van der Waals surface area contributed by atoms with Crippen LogP contribution in [-0.4, -0.2) is 26.0 Å². The fraction of sp³-hybridized carbons (Fsp3) is 0.316. The van der Waals surface area contributed by atoms with Gasteiger partial charge in [-0.05, 0) is 44.0 Å². The van der Waals surface area contributed by atoms with E-state index in [9.17, 15) is 4.79 Å². The molecular formula is C19H23NO2. The minimum atomic E-state index is 0.0648. The van der Waals surface area contributed by atoms with Crippen LogP contribution in [0, 0.1) is 0 Å². The molecule has 2 aromatic rings. The summed E-state index contributed by atoms with van der Waals surface area (Å²) in [5.41, 5.74) is 1.93. The van der Waals surface area contributed by atoms with E-state index in [0.29, 0.717) is 12.2 Å². The van der Waals surface area contributed by atoms with Gasteiger partial charge in [0.25, 0.3) is 0 Å². The molecule has 0 aromatic heterocycles. The number of carbonyl (C=O) groups is 1. The fourth-order valence-corrected chi connectivity index (χ4v) is 2.26. The van der Waals surface area contributed by atoms with Crippen LogP contribution in [0.4, 0.5) is 5.69 Å². The summed E-state index contributed by atoms with van der Waals surface area (Å²) in [5.74, 6) is 0.832. The van der Waals surface area contributed by atoms with Gasteiger partial charge in [-0.1, -0.05) is 30.3 Å². The second-order valence-corrected chi connectivity index (χ2v) is 5.40. The quantitative estimate of drug-likeness (QED) is 0.540. The number of ketones is 1. The molecule has 0 aliphatic carbocycles. The van der Waals surface area contributed by atoms with Crippen molar-refractivity contribution in [2.45, 2.75) is 19.8 Å². The molecule has 2 aromatic carbocycles. The zero-order chi connectivity index (χ0) is 15.8. The molecule has 3 nitrogen and oxygen atoms in total. The van der Waals surface area contributed by atoms with Crippen LogP contribution in [0.25, 0.3) is 0 Å². The lowest BCUT2D eigenvalue weighted by atomic mass is 10.1. The molecule has 0 aliphatic heterocycles. The lowest BCUT2D eigenvalue weighted by Crippen LogP contribution is -2.18. The molecule has 0 aliphatic rings. The normalized spacial score (nSPS) is 10.3. The van der Waals surface area contributed by atoms with Gasteiger partial charge in [0.15, 0.2) is 5.78 Å². The number of Topliss-reactive ketones (excluding diaryl/α,β-unsaturated/α-hetero) is 1. The maximum absolute atomic E-state index is 11.3. The van der Waals surface area contributed by atoms with Crippen LogP contribution in [0.3, 0.4) is 0 Å². The summed E-state index contributed by atoms with van der Waals surface area (Å²) in [6, 6.07) is 17.7. The molecule has 0 fully saturated rings. The van der Waals surface area contributed by atoms with Crippen molar-refractivity contribution in [2.24, 2.45) is 0 Å². The molecule has 116 valence electrons. The summed E-state index contributed by atoms with van der Waals surface area (Å²) in [6.07, 6.45) is 2.05. The number of carbonyl (C=O) groups excluding carboxylic acids is 1. The Bertz CT molecular complexity index is 595. The van der Waals surface area contributed by atoms with Crippen LogP contribution in [0.2, 0.25) is 0 Å². The van der Waals surface area contributed by atoms with Gasteiger partial charge in [0, 0.05) is 24.8 Å². The summed E-state index contributed by atoms with van der Waals surface area (Å²) in [5, 5.41) is 0. The number of para-hydroxylation sites is 1. The predicted octanol–water partition coefficient (Wildman–Crippen LogP) is 4.18. The second-order valence-electron chi connectivity index (χ2n) is 5.40. The Kier molecular flexibility index (Phi) is 6.01. The number of unbranched alkanes of at least 4 members (excludes halogenated alkanes) is 1. The molecule has 0 bridgehead atoms. The zero-order valence-electron chi connectivity index (χ0n) is 13.3. The Morgan fingerprint density at radius 2 is 1.82 bits per heavy atom. The van der Waals surface area contributed by atoms with Gasteiger partial charge in [0.1, 0.15) is 5.75 Å². The number of nitrogens with zero attached hydrogens (tertiary/aromatic N) is 1. The van der Waals surface area contributed by atoms with Crippen LogP contribution >= 0.6 is 0 Å². The van der Waals surface area contributed by atoms with Gasteiger partial charge in [-0.2, -0.15) is 0 Å². The van der Waals surface area contributed by atoms with Crippen LogP contribution in [0.5, 0.6) is 5.75 Å². The van der Waals surface area contributed by atoms with Crippen LogP contribution in [0.15, 0.2) is 54.6 Å². The van der Waals surface area contributed by atoms with E-state index in [0.717, 1.165) is 25.1 Å². The number of benzene rings is 2. The van der Waals surface area contributed by atoms with E-state index in [2.05, 4.69) is 36.2 Å². The zero-order valence-corrected chi connectivity index (χ0v) is 13.3. The highest BCUT2D eigenvalue weighted by molar-refractivity contribution is 5.94. The summed E-state index contributed by atoms with van der Waals surface area (Å²) < 4.78 is 5.71. The molecule has 0 spiro atoms. The summed E-state index contributed by atoms with van der Waals surface area (Å²) in [7, 11) is 2.10. The van der Waals surface area contributed by atoms with Gasteiger partial charge in [-0.15, -0.1) is 0 Å². The van der Waals surface area contributed by atoms with Gasteiger partial charge in [-0.3, -0.25) is 4.79 Å². The summed E-state index contributed by atoms with van der Waals surface area (Å²) in [4.78, 5) is 13.6. The maximum Gasteiger partial charge on any atom is 0.159 e. The second kappa shape index (κ2) is 8.23. The van der Waals surface area contributed by atoms with E-state index in [4.69, 9.17) is 4.74 Å². The van der Waals surface area contributed by atoms with Crippen LogP contribution in [-0.2, 0) is 0 Å². The first-order valence-electron chi connectivity index (χ1n) is 7.67. The third kappa shape index (κ3) is 4.92. The SMILES string of the molecule is CC(=O)c1cccc(OCCCCN(C)c2ccccc2)c1. The Hall–Kier alpha value is -2.29. The van der Waals surface area contributed by atoms with Crippen molar-refractivity contribution in [1.82, 2.24) is 0 Å². The fourth-order valence-electron chi connectivity index (χ4n) is 2.26. The topological polar surface area (TPSA) is 29.5 Å². The lowest BCUT2D eigenvalue weighted by molar-refractivity contribution is 0.101. The first kappa shape index (κ1) is 16.1. The summed E-state index contributed by atoms with van der Waals surface area (Å²) >= 11 is 0. The molecule has 0 N–H and O–H groups in total. The van der Waals surface area contributed by atoms with Gasteiger partial charge in [0.2, 0.25) is 0 Å². The number of hydrogen-bond donors (Lipinski definition) is 0. The van der Waals surface area contributed by atoms with E-state index in [1.807, 2.05) is 24.3 Å². The van der Waals surface area contributed by atoms with E-state index in [1.165, 1.54) is 5.69 Å². The predicted molar refractivity (Wildman–Crippen MR) is 90.9 cm³/mol. The Labute approximate surface area is 132 Å². The molecule has 0 saturated heterocycles. The molecule has 3 heteroatoms. The average Bonchev–Trinajstić information content (AvgIpc) is 2.55. The first-order chi connectivity index (χ1) is 10.7. The van der Waals surface area contributed by atoms with Gasteiger partial charge in [0.05, 0.1) is 6.61 Å². The highest BCUT2D eigenvalue weighted by Crippen LogP contribution is 2.15. The number of rotatable bonds is 8. The third-order valence-electron chi connectivity index (χ3n) is 3.59. The van der Waals surface area contributed by atoms with E-state index < -0.39 is 0 Å². The van der Waals surface area contributed by atoms with E-state index >= 15 is 0 Å². The van der Waals surface area contributed by atoms with Crippen LogP contribution < -0.4 is 9.64 Å². The van der Waals surface area contributed by atoms with Crippen molar-refractivity contribution >= 4 is 11.5 Å². The van der Waals surface area contributed by atoms with Crippen molar-refractivity contribution in [3.8, 4) is 5.75 Å². The van der Waals surface area contributed by atoms with Gasteiger partial charge in [-0.25, -0.2) is 0 Å². The first-order valence-corrected chi connectivity index (χ1v) is 7.67. The number of anilines is 1. The minimum Gasteiger partial charge on any atom is -0.494 e. The monoisotopic (exact) mass is 297 g/mol. The minimum absolute atomic E-state index is 0.0648. The number of hydrogen-bond acceptors (Lipinski definition) is 3. The van der Waals surface area contributed by atoms with Crippen LogP contribution in [0.1, 0.15) is 30.1 Å². The number of ether oxygens (including phenoxy) is 1. The molecule has 0 unspecified atom stereocenters. The highest BCUT2D eigenvalue weighted by atomic mass is 16.5. The van der Waals surface area contributed by atoms with Crippen molar-refractivity contribution < 1.29 is 9.53 Å². The molecule has 0 saturated carbocycles. The average molecular weight is 297 g/mol. The lowest BCUT2D eigenvalue weighted by Gasteiger charge is -2.19. The standard InChI is InChI=1S/C19H23NO2/c1-16(21)17-9-8-12-19(15-17)22-14-7-6-13-20(2)18-10-4-3-5-11-18/h3-5,8-12,15H,6-7,13-14H2,1-2H3. The highest BCUT2D eigenvalue weighted by Gasteiger charge is 2.02. The molecular weight excluding hydrogens is 274 g/mol. The van der Waals surface area contributed by atoms with Crippen molar-refractivity contribution in [1.29, 1.82) is 0 Å². The summed E-state index contributed by atoms with van der Waals surface area (Å²) in [6.45, 7) is 3.24. The Balaban J connectivity index is 1.69. The van der Waals surface area contributed by atoms with Crippen molar-refractivity contribution in [3.05, 3.63) is 60.2 Å². The Morgan fingerprint density at radius 1 is 1.05 bits per heavy atom. The van der Waals surface area contributed by atoms with Gasteiger partial charge >= 0.3 is 0 Å². The molecule has 0 atom stereocenters. The molecule has 2 rings (SSSR count). The van der Waals surface area contributed by atoms with Crippen molar-refractivity contribution in [2.75, 3.05) is 25.1 Å². The van der Waals surface area contributed by atoms with E-state index in [1.54, 1.807) is 13.0 Å².